The fourth-order valence-electron chi connectivity index (χ4n) is 1.04. The summed E-state index contributed by atoms with van der Waals surface area (Å²) < 4.78 is 13.2. The number of benzene rings is 1. The zero-order valence-electron chi connectivity index (χ0n) is 8.22. The molecule has 1 N–H and O–H groups in total. The highest BCUT2D eigenvalue weighted by atomic mass is 32.2. The van der Waals surface area contributed by atoms with Crippen LogP contribution in [-0.4, -0.2) is 19.3 Å². The van der Waals surface area contributed by atoms with E-state index in [9.17, 15) is 4.39 Å². The lowest BCUT2D eigenvalue weighted by molar-refractivity contribution is 0.602. The SMILES string of the molecule is C=C(CNC)CSc1ccccc1F. The van der Waals surface area contributed by atoms with Crippen LogP contribution < -0.4 is 5.32 Å². The minimum Gasteiger partial charge on any atom is -0.316 e. The fraction of sp³-hybridized carbons (Fsp3) is 0.273. The van der Waals surface area contributed by atoms with E-state index in [1.165, 1.54) is 17.8 Å². The van der Waals surface area contributed by atoms with Crippen LogP contribution in [0.2, 0.25) is 0 Å². The van der Waals surface area contributed by atoms with Crippen molar-refractivity contribution < 1.29 is 4.39 Å². The first-order valence-electron chi connectivity index (χ1n) is 4.42. The van der Waals surface area contributed by atoms with Crippen LogP contribution >= 0.6 is 11.8 Å². The topological polar surface area (TPSA) is 12.0 Å². The highest BCUT2D eigenvalue weighted by Crippen LogP contribution is 2.22. The zero-order valence-corrected chi connectivity index (χ0v) is 9.03. The normalized spacial score (nSPS) is 10.1. The van der Waals surface area contributed by atoms with E-state index in [1.807, 2.05) is 13.1 Å². The molecule has 3 heteroatoms. The molecular formula is C11H14FNS. The Morgan fingerprint density at radius 2 is 2.21 bits per heavy atom. The highest BCUT2D eigenvalue weighted by molar-refractivity contribution is 7.99. The molecule has 0 saturated carbocycles. The van der Waals surface area contributed by atoms with Crippen LogP contribution in [0.25, 0.3) is 0 Å². The van der Waals surface area contributed by atoms with E-state index in [2.05, 4.69) is 11.9 Å². The smallest absolute Gasteiger partial charge is 0.136 e. The van der Waals surface area contributed by atoms with Gasteiger partial charge in [-0.25, -0.2) is 4.39 Å². The maximum atomic E-state index is 13.2. The summed E-state index contributed by atoms with van der Waals surface area (Å²) in [5.74, 6) is 0.594. The number of hydrogen-bond donors (Lipinski definition) is 1. The van der Waals surface area contributed by atoms with Gasteiger partial charge in [-0.3, -0.25) is 0 Å². The summed E-state index contributed by atoms with van der Waals surface area (Å²) in [6.45, 7) is 4.66. The van der Waals surface area contributed by atoms with Gasteiger partial charge in [0.05, 0.1) is 0 Å². The lowest BCUT2D eigenvalue weighted by atomic mass is 10.3. The van der Waals surface area contributed by atoms with Crippen molar-refractivity contribution in [3.05, 3.63) is 42.2 Å². The lowest BCUT2D eigenvalue weighted by Crippen LogP contribution is -2.10. The molecule has 76 valence electrons. The van der Waals surface area contributed by atoms with Gasteiger partial charge in [0.2, 0.25) is 0 Å². The molecular weight excluding hydrogens is 197 g/mol. The predicted octanol–water partition coefficient (Wildman–Crippen LogP) is 2.69. The van der Waals surface area contributed by atoms with Crippen LogP contribution in [-0.2, 0) is 0 Å². The summed E-state index contributed by atoms with van der Waals surface area (Å²) in [4.78, 5) is 0.685. The first-order chi connectivity index (χ1) is 6.74. The lowest BCUT2D eigenvalue weighted by Gasteiger charge is -2.05. The summed E-state index contributed by atoms with van der Waals surface area (Å²) in [6.07, 6.45) is 0. The molecule has 0 aliphatic rings. The molecule has 0 aliphatic heterocycles. The van der Waals surface area contributed by atoms with Crippen LogP contribution in [0, 0.1) is 5.82 Å². The molecule has 0 atom stereocenters. The number of hydrogen-bond acceptors (Lipinski definition) is 2. The molecule has 14 heavy (non-hydrogen) atoms. The van der Waals surface area contributed by atoms with E-state index in [0.29, 0.717) is 4.90 Å². The molecule has 1 aromatic rings. The molecule has 0 fully saturated rings. The first-order valence-corrected chi connectivity index (χ1v) is 5.41. The Kier molecular flexibility index (Phi) is 4.70. The van der Waals surface area contributed by atoms with Gasteiger partial charge in [-0.15, -0.1) is 11.8 Å². The predicted molar refractivity (Wildman–Crippen MR) is 60.2 cm³/mol. The van der Waals surface area contributed by atoms with Crippen LogP contribution in [0.3, 0.4) is 0 Å². The molecule has 0 saturated heterocycles. The summed E-state index contributed by atoms with van der Waals surface area (Å²) in [7, 11) is 1.87. The highest BCUT2D eigenvalue weighted by Gasteiger charge is 2.01. The maximum Gasteiger partial charge on any atom is 0.136 e. The minimum atomic E-state index is -0.158. The van der Waals surface area contributed by atoms with E-state index < -0.39 is 0 Å². The molecule has 0 aliphatic carbocycles. The summed E-state index contributed by atoms with van der Waals surface area (Å²) in [5.41, 5.74) is 1.07. The van der Waals surface area contributed by atoms with Crippen molar-refractivity contribution in [2.75, 3.05) is 19.3 Å². The third kappa shape index (κ3) is 3.52. The Bertz CT molecular complexity index is 312. The largest absolute Gasteiger partial charge is 0.316 e. The van der Waals surface area contributed by atoms with Crippen molar-refractivity contribution in [2.45, 2.75) is 4.90 Å². The number of thioether (sulfide) groups is 1. The van der Waals surface area contributed by atoms with E-state index in [0.717, 1.165) is 17.9 Å². The molecule has 0 spiro atoms. The van der Waals surface area contributed by atoms with Crippen molar-refractivity contribution in [1.29, 1.82) is 0 Å². The minimum absolute atomic E-state index is 0.158. The molecule has 0 amide bonds. The maximum absolute atomic E-state index is 13.2. The quantitative estimate of drug-likeness (QED) is 0.593. The Labute approximate surface area is 88.4 Å². The summed E-state index contributed by atoms with van der Waals surface area (Å²) in [6, 6.07) is 6.80. The summed E-state index contributed by atoms with van der Waals surface area (Å²) >= 11 is 1.48. The molecule has 1 nitrogen and oxygen atoms in total. The first kappa shape index (κ1) is 11.3. The van der Waals surface area contributed by atoms with E-state index in [4.69, 9.17) is 0 Å². The van der Waals surface area contributed by atoms with Crippen LogP contribution in [0.4, 0.5) is 4.39 Å². The second-order valence-corrected chi connectivity index (χ2v) is 4.02. The third-order valence-electron chi connectivity index (χ3n) is 1.70. The van der Waals surface area contributed by atoms with Gasteiger partial charge in [0.1, 0.15) is 5.82 Å². The van der Waals surface area contributed by atoms with Crippen molar-refractivity contribution >= 4 is 11.8 Å². The van der Waals surface area contributed by atoms with Gasteiger partial charge in [0, 0.05) is 17.2 Å². The Morgan fingerprint density at radius 3 is 2.86 bits per heavy atom. The molecule has 0 radical (unpaired) electrons. The molecule has 1 rings (SSSR count). The monoisotopic (exact) mass is 211 g/mol. The van der Waals surface area contributed by atoms with Gasteiger partial charge in [-0.1, -0.05) is 24.3 Å². The number of halogens is 1. The van der Waals surface area contributed by atoms with Gasteiger partial charge in [-0.2, -0.15) is 0 Å². The van der Waals surface area contributed by atoms with E-state index in [1.54, 1.807) is 12.1 Å². The van der Waals surface area contributed by atoms with Crippen molar-refractivity contribution in [3.8, 4) is 0 Å². The number of likely N-dealkylation sites (N-methyl/N-ethyl adjacent to an activating group) is 1. The molecule has 0 heterocycles. The molecule has 0 bridgehead atoms. The van der Waals surface area contributed by atoms with E-state index in [-0.39, 0.29) is 5.82 Å². The van der Waals surface area contributed by atoms with Gasteiger partial charge in [0.25, 0.3) is 0 Å². The summed E-state index contributed by atoms with van der Waals surface area (Å²) in [5, 5.41) is 3.01. The second-order valence-electron chi connectivity index (χ2n) is 3.00. The average molecular weight is 211 g/mol. The number of nitrogens with one attached hydrogen (secondary N) is 1. The van der Waals surface area contributed by atoms with Crippen molar-refractivity contribution in [1.82, 2.24) is 5.32 Å². The van der Waals surface area contributed by atoms with Crippen molar-refractivity contribution in [3.63, 3.8) is 0 Å². The Hall–Kier alpha value is -0.800. The van der Waals surface area contributed by atoms with Gasteiger partial charge >= 0.3 is 0 Å². The Morgan fingerprint density at radius 1 is 1.50 bits per heavy atom. The Balaban J connectivity index is 2.46. The standard InChI is InChI=1S/C11H14FNS/c1-9(7-13-2)8-14-11-6-4-3-5-10(11)12/h3-6,13H,1,7-8H2,2H3. The zero-order chi connectivity index (χ0) is 10.4. The second kappa shape index (κ2) is 5.83. The third-order valence-corrected chi connectivity index (χ3v) is 2.89. The van der Waals surface area contributed by atoms with Crippen LogP contribution in [0.1, 0.15) is 0 Å². The number of rotatable bonds is 5. The molecule has 0 unspecified atom stereocenters. The molecule has 1 aromatic carbocycles. The van der Waals surface area contributed by atoms with Gasteiger partial charge < -0.3 is 5.32 Å². The van der Waals surface area contributed by atoms with Crippen LogP contribution in [0.5, 0.6) is 0 Å². The van der Waals surface area contributed by atoms with E-state index >= 15 is 0 Å². The average Bonchev–Trinajstić information content (AvgIpc) is 2.17. The van der Waals surface area contributed by atoms with Gasteiger partial charge in [0.15, 0.2) is 0 Å². The van der Waals surface area contributed by atoms with Gasteiger partial charge in [-0.05, 0) is 19.2 Å². The van der Waals surface area contributed by atoms with Crippen LogP contribution in [0.15, 0.2) is 41.3 Å². The molecule has 0 aromatic heterocycles. The van der Waals surface area contributed by atoms with Crippen molar-refractivity contribution in [2.24, 2.45) is 0 Å². The fourth-order valence-corrected chi connectivity index (χ4v) is 1.89.